The molecule has 0 heterocycles. The summed E-state index contributed by atoms with van der Waals surface area (Å²) in [5, 5.41) is 10.1. The lowest BCUT2D eigenvalue weighted by Gasteiger charge is -2.31. The van der Waals surface area contributed by atoms with Crippen molar-refractivity contribution in [2.45, 2.75) is 31.6 Å². The maximum Gasteiger partial charge on any atom is 0.314 e. The second-order valence-corrected chi connectivity index (χ2v) is 5.43. The van der Waals surface area contributed by atoms with E-state index < -0.39 is 11.4 Å². The van der Waals surface area contributed by atoms with Crippen LogP contribution >= 0.6 is 11.6 Å². The van der Waals surface area contributed by atoms with Gasteiger partial charge in [0.25, 0.3) is 0 Å². The number of halogens is 1. The lowest BCUT2D eigenvalue weighted by Crippen LogP contribution is -2.39. The highest BCUT2D eigenvalue weighted by atomic mass is 35.5. The number of benzene rings is 1. The second-order valence-electron chi connectivity index (χ2n) is 4.99. The van der Waals surface area contributed by atoms with Gasteiger partial charge in [-0.25, -0.2) is 0 Å². The van der Waals surface area contributed by atoms with Gasteiger partial charge in [0.1, 0.15) is 5.78 Å². The summed E-state index contributed by atoms with van der Waals surface area (Å²) in [7, 11) is 0. The Hall–Kier alpha value is -1.35. The van der Waals surface area contributed by atoms with Crippen molar-refractivity contribution in [2.75, 3.05) is 0 Å². The van der Waals surface area contributed by atoms with Crippen LogP contribution in [0.15, 0.2) is 24.3 Å². The van der Waals surface area contributed by atoms with Gasteiger partial charge >= 0.3 is 5.97 Å². The third kappa shape index (κ3) is 2.15. The normalized spacial score (nSPS) is 22.8. The maximum atomic E-state index is 11.7. The molecule has 3 nitrogen and oxygen atoms in total. The summed E-state index contributed by atoms with van der Waals surface area (Å²) in [6, 6.07) is 6.85. The highest BCUT2D eigenvalue weighted by molar-refractivity contribution is 6.30. The summed E-state index contributed by atoms with van der Waals surface area (Å²) in [4.78, 5) is 23.1. The van der Waals surface area contributed by atoms with Crippen molar-refractivity contribution in [1.82, 2.24) is 0 Å². The van der Waals surface area contributed by atoms with Gasteiger partial charge in [0.2, 0.25) is 0 Å². The Kier molecular flexibility index (Phi) is 3.44. The van der Waals surface area contributed by atoms with E-state index in [0.717, 1.165) is 0 Å². The Bertz CT molecular complexity index is 480. The molecule has 1 aliphatic carbocycles. The van der Waals surface area contributed by atoms with Crippen LogP contribution in [0.3, 0.4) is 0 Å². The number of carboxylic acid groups (broad SMARTS) is 1. The molecule has 2 unspecified atom stereocenters. The van der Waals surface area contributed by atoms with E-state index in [2.05, 4.69) is 0 Å². The average Bonchev–Trinajstić information content (AvgIpc) is 2.76. The van der Waals surface area contributed by atoms with Crippen LogP contribution in [0.4, 0.5) is 0 Å². The molecule has 0 aliphatic heterocycles. The van der Waals surface area contributed by atoms with Crippen molar-refractivity contribution < 1.29 is 14.7 Å². The molecule has 18 heavy (non-hydrogen) atoms. The predicted octanol–water partition coefficient (Wildman–Crippen LogP) is 3.05. The lowest BCUT2D eigenvalue weighted by molar-refractivity contribution is -0.145. The van der Waals surface area contributed by atoms with E-state index in [1.807, 2.05) is 0 Å². The molecule has 1 N–H and O–H groups in total. The summed E-state index contributed by atoms with van der Waals surface area (Å²) in [5.41, 5.74) is -0.310. The third-order valence-electron chi connectivity index (χ3n) is 3.95. The minimum absolute atomic E-state index is 0.135. The van der Waals surface area contributed by atoms with E-state index in [4.69, 9.17) is 11.6 Å². The van der Waals surface area contributed by atoms with Crippen LogP contribution in [0.2, 0.25) is 5.02 Å². The molecule has 1 aromatic carbocycles. The first kappa shape index (κ1) is 13.1. The van der Waals surface area contributed by atoms with Crippen LogP contribution in [-0.2, 0) is 15.0 Å². The van der Waals surface area contributed by atoms with Gasteiger partial charge in [-0.05, 0) is 37.0 Å². The molecule has 1 fully saturated rings. The summed E-state index contributed by atoms with van der Waals surface area (Å²) >= 11 is 5.82. The number of Topliss-reactive ketones (excluding diaryl/α,β-unsaturated/α-hetero) is 1. The Balaban J connectivity index is 2.40. The number of hydrogen-bond donors (Lipinski definition) is 1. The predicted molar refractivity (Wildman–Crippen MR) is 68.8 cm³/mol. The van der Waals surface area contributed by atoms with Gasteiger partial charge in [-0.3, -0.25) is 9.59 Å². The highest BCUT2D eigenvalue weighted by Gasteiger charge is 2.45. The van der Waals surface area contributed by atoms with Gasteiger partial charge < -0.3 is 5.11 Å². The summed E-state index contributed by atoms with van der Waals surface area (Å²) in [6.45, 7) is 1.70. The average molecular weight is 267 g/mol. The third-order valence-corrected chi connectivity index (χ3v) is 4.20. The highest BCUT2D eigenvalue weighted by Crippen LogP contribution is 2.41. The molecule has 0 aromatic heterocycles. The number of carbonyl (C=O) groups excluding carboxylic acids is 1. The van der Waals surface area contributed by atoms with Gasteiger partial charge in [0.05, 0.1) is 5.41 Å². The zero-order valence-corrected chi connectivity index (χ0v) is 10.9. The monoisotopic (exact) mass is 266 g/mol. The van der Waals surface area contributed by atoms with Crippen molar-refractivity contribution in [3.63, 3.8) is 0 Å². The van der Waals surface area contributed by atoms with Crippen LogP contribution in [0.5, 0.6) is 0 Å². The quantitative estimate of drug-likeness (QED) is 0.915. The molecule has 96 valence electrons. The fourth-order valence-corrected chi connectivity index (χ4v) is 2.76. The van der Waals surface area contributed by atoms with Crippen LogP contribution in [-0.4, -0.2) is 16.9 Å². The van der Waals surface area contributed by atoms with E-state index in [9.17, 15) is 14.7 Å². The molecule has 2 atom stereocenters. The molecule has 1 aromatic rings. The first-order valence-electron chi connectivity index (χ1n) is 5.95. The van der Waals surface area contributed by atoms with Crippen molar-refractivity contribution in [2.24, 2.45) is 5.92 Å². The molecule has 1 aliphatic rings. The molecule has 0 bridgehead atoms. The summed E-state index contributed by atoms with van der Waals surface area (Å²) < 4.78 is 0. The molecule has 0 radical (unpaired) electrons. The van der Waals surface area contributed by atoms with Gasteiger partial charge in [-0.15, -0.1) is 0 Å². The largest absolute Gasteiger partial charge is 0.481 e. The minimum Gasteiger partial charge on any atom is -0.481 e. The van der Waals surface area contributed by atoms with Gasteiger partial charge in [-0.2, -0.15) is 0 Å². The molecule has 0 amide bonds. The van der Waals surface area contributed by atoms with Gasteiger partial charge in [-0.1, -0.05) is 23.7 Å². The van der Waals surface area contributed by atoms with E-state index in [-0.39, 0.29) is 11.7 Å². The molecule has 0 saturated heterocycles. The zero-order chi connectivity index (χ0) is 13.3. The van der Waals surface area contributed by atoms with Crippen LogP contribution < -0.4 is 0 Å². The maximum absolute atomic E-state index is 11.7. The van der Waals surface area contributed by atoms with Crippen LogP contribution in [0.25, 0.3) is 0 Å². The van der Waals surface area contributed by atoms with Crippen LogP contribution in [0, 0.1) is 5.92 Å². The first-order chi connectivity index (χ1) is 8.44. The van der Waals surface area contributed by atoms with Crippen LogP contribution in [0.1, 0.15) is 31.7 Å². The smallest absolute Gasteiger partial charge is 0.314 e. The number of rotatable bonds is 3. The molecule has 2 rings (SSSR count). The Morgan fingerprint density at radius 3 is 2.44 bits per heavy atom. The Labute approximate surface area is 111 Å². The lowest BCUT2D eigenvalue weighted by atomic mass is 9.71. The summed E-state index contributed by atoms with van der Waals surface area (Å²) in [5.74, 6) is -0.866. The van der Waals surface area contributed by atoms with E-state index >= 15 is 0 Å². The first-order valence-corrected chi connectivity index (χ1v) is 6.33. The molecule has 0 spiro atoms. The number of carbonyl (C=O) groups is 2. The fourth-order valence-electron chi connectivity index (χ4n) is 2.64. The SMILES string of the molecule is CC(C(=O)O)(c1ccc(Cl)cc1)C1CCC(=O)C1. The Morgan fingerprint density at radius 2 is 2.00 bits per heavy atom. The number of carboxylic acids is 1. The number of aliphatic carboxylic acids is 1. The molecule has 4 heteroatoms. The topological polar surface area (TPSA) is 54.4 Å². The van der Waals surface area contributed by atoms with Crippen molar-refractivity contribution in [3.05, 3.63) is 34.9 Å². The van der Waals surface area contributed by atoms with Gasteiger partial charge in [0, 0.05) is 17.9 Å². The zero-order valence-electron chi connectivity index (χ0n) is 10.1. The van der Waals surface area contributed by atoms with E-state index in [1.165, 1.54) is 0 Å². The number of ketones is 1. The fraction of sp³-hybridized carbons (Fsp3) is 0.429. The molecular weight excluding hydrogens is 252 g/mol. The Morgan fingerprint density at radius 1 is 1.39 bits per heavy atom. The summed E-state index contributed by atoms with van der Waals surface area (Å²) in [6.07, 6.45) is 1.48. The minimum atomic E-state index is -1.02. The molecule has 1 saturated carbocycles. The van der Waals surface area contributed by atoms with E-state index in [1.54, 1.807) is 31.2 Å². The standard InChI is InChI=1S/C14H15ClO3/c1-14(13(17)18,10-4-7-12(16)8-10)9-2-5-11(15)6-3-9/h2-3,5-6,10H,4,7-8H2,1H3,(H,17,18). The van der Waals surface area contributed by atoms with Crippen molar-refractivity contribution in [1.29, 1.82) is 0 Å². The van der Waals surface area contributed by atoms with E-state index in [0.29, 0.717) is 29.8 Å². The van der Waals surface area contributed by atoms with Gasteiger partial charge in [0.15, 0.2) is 0 Å². The van der Waals surface area contributed by atoms with Crippen molar-refractivity contribution >= 4 is 23.4 Å². The van der Waals surface area contributed by atoms with Crippen molar-refractivity contribution in [3.8, 4) is 0 Å². The second kappa shape index (κ2) is 4.73. The molecular formula is C14H15ClO3. The number of hydrogen-bond acceptors (Lipinski definition) is 2.